The maximum absolute atomic E-state index is 13.8. The van der Waals surface area contributed by atoms with E-state index in [9.17, 15) is 19.2 Å². The first-order chi connectivity index (χ1) is 17.9. The number of benzene rings is 2. The van der Waals surface area contributed by atoms with E-state index in [0.29, 0.717) is 25.8 Å². The third-order valence-electron chi connectivity index (χ3n) is 7.37. The topological polar surface area (TPSA) is 86.8 Å². The molecule has 7 nitrogen and oxygen atoms in total. The van der Waals surface area contributed by atoms with Gasteiger partial charge >= 0.3 is 0 Å². The molecular weight excluding hydrogens is 466 g/mol. The minimum Gasteiger partial charge on any atom is -0.355 e. The van der Waals surface area contributed by atoms with Crippen molar-refractivity contribution in [2.75, 3.05) is 13.1 Å². The highest BCUT2D eigenvalue weighted by Gasteiger charge is 2.47. The SMILES string of the molecule is CCNC(=O)C(Cc1ccccc1)N(Cc1ccccc1C)C(=O)CCN1C(=O)[C@H]2CC=CC[C@H]2C1=O. The summed E-state index contributed by atoms with van der Waals surface area (Å²) in [6.45, 7) is 4.57. The molecule has 1 N–H and O–H groups in total. The van der Waals surface area contributed by atoms with Crippen LogP contribution in [-0.2, 0) is 32.1 Å². The van der Waals surface area contributed by atoms with E-state index >= 15 is 0 Å². The van der Waals surface area contributed by atoms with Gasteiger partial charge in [0.2, 0.25) is 23.6 Å². The predicted octanol–water partition coefficient (Wildman–Crippen LogP) is 3.41. The highest BCUT2D eigenvalue weighted by molar-refractivity contribution is 6.05. The first-order valence-electron chi connectivity index (χ1n) is 13.1. The van der Waals surface area contributed by atoms with Crippen LogP contribution in [-0.4, -0.2) is 52.6 Å². The number of aryl methyl sites for hydroxylation is 1. The van der Waals surface area contributed by atoms with E-state index in [1.807, 2.05) is 80.6 Å². The minimum atomic E-state index is -0.730. The van der Waals surface area contributed by atoms with E-state index in [1.54, 1.807) is 4.90 Å². The zero-order valence-electron chi connectivity index (χ0n) is 21.6. The molecule has 1 saturated heterocycles. The number of fused-ring (bicyclic) bond motifs is 1. The van der Waals surface area contributed by atoms with Crippen molar-refractivity contribution in [2.24, 2.45) is 11.8 Å². The van der Waals surface area contributed by atoms with Crippen molar-refractivity contribution in [2.45, 2.75) is 52.1 Å². The maximum atomic E-state index is 13.8. The molecule has 4 amide bonds. The molecule has 0 bridgehead atoms. The summed E-state index contributed by atoms with van der Waals surface area (Å²) in [5, 5.41) is 2.89. The summed E-state index contributed by atoms with van der Waals surface area (Å²) in [6.07, 6.45) is 5.37. The van der Waals surface area contributed by atoms with E-state index in [0.717, 1.165) is 16.7 Å². The number of nitrogens with zero attached hydrogens (tertiary/aromatic N) is 2. The van der Waals surface area contributed by atoms with E-state index in [4.69, 9.17) is 0 Å². The van der Waals surface area contributed by atoms with Gasteiger partial charge in [0.05, 0.1) is 11.8 Å². The van der Waals surface area contributed by atoms with Gasteiger partial charge in [-0.25, -0.2) is 0 Å². The Labute approximate surface area is 218 Å². The number of carbonyl (C=O) groups excluding carboxylic acids is 4. The molecule has 0 saturated carbocycles. The van der Waals surface area contributed by atoms with Crippen molar-refractivity contribution in [3.63, 3.8) is 0 Å². The van der Waals surface area contributed by atoms with Gasteiger partial charge in [-0.2, -0.15) is 0 Å². The second kappa shape index (κ2) is 12.0. The summed E-state index contributed by atoms with van der Waals surface area (Å²) >= 11 is 0. The van der Waals surface area contributed by atoms with Crippen LogP contribution < -0.4 is 5.32 Å². The Kier molecular flexibility index (Phi) is 8.54. The highest BCUT2D eigenvalue weighted by atomic mass is 16.2. The van der Waals surface area contributed by atoms with Gasteiger partial charge in [-0.1, -0.05) is 66.7 Å². The van der Waals surface area contributed by atoms with Crippen LogP contribution in [0.3, 0.4) is 0 Å². The Morgan fingerprint density at radius 1 is 0.973 bits per heavy atom. The Balaban J connectivity index is 1.58. The maximum Gasteiger partial charge on any atom is 0.243 e. The Morgan fingerprint density at radius 2 is 1.59 bits per heavy atom. The third kappa shape index (κ3) is 5.98. The fourth-order valence-corrected chi connectivity index (χ4v) is 5.26. The van der Waals surface area contributed by atoms with Gasteiger partial charge in [-0.15, -0.1) is 0 Å². The van der Waals surface area contributed by atoms with Crippen molar-refractivity contribution in [1.82, 2.24) is 15.1 Å². The molecule has 3 atom stereocenters. The lowest BCUT2D eigenvalue weighted by Crippen LogP contribution is -2.51. The lowest BCUT2D eigenvalue weighted by Gasteiger charge is -2.32. The smallest absolute Gasteiger partial charge is 0.243 e. The number of carbonyl (C=O) groups is 4. The van der Waals surface area contributed by atoms with Crippen LogP contribution in [0, 0.1) is 18.8 Å². The average Bonchev–Trinajstić information content (AvgIpc) is 3.15. The van der Waals surface area contributed by atoms with Crippen molar-refractivity contribution in [3.8, 4) is 0 Å². The summed E-state index contributed by atoms with van der Waals surface area (Å²) in [4.78, 5) is 55.7. The second-order valence-electron chi connectivity index (χ2n) is 9.78. The van der Waals surface area contributed by atoms with Crippen molar-refractivity contribution in [3.05, 3.63) is 83.4 Å². The van der Waals surface area contributed by atoms with Gasteiger partial charge in [0.1, 0.15) is 6.04 Å². The van der Waals surface area contributed by atoms with Crippen LogP contribution >= 0.6 is 0 Å². The summed E-state index contributed by atoms with van der Waals surface area (Å²) in [6, 6.07) is 16.7. The number of likely N-dealkylation sites (N-methyl/N-ethyl adjacent to an activating group) is 1. The predicted molar refractivity (Wildman–Crippen MR) is 141 cm³/mol. The fourth-order valence-electron chi connectivity index (χ4n) is 5.26. The standard InChI is InChI=1S/C30H35N3O4/c1-3-31-28(35)26(19-22-12-5-4-6-13-22)33(20-23-14-8-7-11-21(23)2)27(34)17-18-32-29(36)24-15-9-10-16-25(24)30(32)37/h4-14,24-26H,3,15-20H2,1-2H3,(H,31,35)/t24-,25+,26?. The lowest BCUT2D eigenvalue weighted by molar-refractivity contribution is -0.144. The number of hydrogen-bond donors (Lipinski definition) is 1. The Morgan fingerprint density at radius 3 is 2.22 bits per heavy atom. The van der Waals surface area contributed by atoms with Crippen LogP contribution in [0.1, 0.15) is 42.9 Å². The molecule has 194 valence electrons. The summed E-state index contributed by atoms with van der Waals surface area (Å²) in [5.41, 5.74) is 2.92. The number of imide groups is 1. The summed E-state index contributed by atoms with van der Waals surface area (Å²) < 4.78 is 0. The Hall–Kier alpha value is -3.74. The number of allylic oxidation sites excluding steroid dienone is 2. The molecule has 1 aliphatic carbocycles. The van der Waals surface area contributed by atoms with Crippen LogP contribution in [0.5, 0.6) is 0 Å². The second-order valence-corrected chi connectivity index (χ2v) is 9.78. The average molecular weight is 502 g/mol. The molecule has 1 fully saturated rings. The van der Waals surface area contributed by atoms with Crippen molar-refractivity contribution < 1.29 is 19.2 Å². The molecule has 1 heterocycles. The van der Waals surface area contributed by atoms with E-state index < -0.39 is 6.04 Å². The zero-order valence-corrected chi connectivity index (χ0v) is 21.6. The highest BCUT2D eigenvalue weighted by Crippen LogP contribution is 2.35. The largest absolute Gasteiger partial charge is 0.355 e. The molecule has 2 aromatic carbocycles. The monoisotopic (exact) mass is 501 g/mol. The van der Waals surface area contributed by atoms with Crippen LogP contribution in [0.15, 0.2) is 66.7 Å². The lowest BCUT2D eigenvalue weighted by atomic mass is 9.85. The summed E-state index contributed by atoms with van der Waals surface area (Å²) in [7, 11) is 0. The molecule has 0 aromatic heterocycles. The first-order valence-corrected chi connectivity index (χ1v) is 13.1. The van der Waals surface area contributed by atoms with Gasteiger partial charge in [-0.3, -0.25) is 24.1 Å². The van der Waals surface area contributed by atoms with E-state index in [-0.39, 0.29) is 55.0 Å². The molecule has 0 radical (unpaired) electrons. The molecule has 7 heteroatoms. The molecule has 1 aliphatic heterocycles. The molecule has 1 unspecified atom stereocenters. The zero-order chi connectivity index (χ0) is 26.4. The summed E-state index contributed by atoms with van der Waals surface area (Å²) in [5.74, 6) is -1.51. The number of amides is 4. The normalized spacial score (nSPS) is 19.5. The quantitative estimate of drug-likeness (QED) is 0.399. The van der Waals surface area contributed by atoms with Gasteiger partial charge in [-0.05, 0) is 43.4 Å². The number of likely N-dealkylation sites (tertiary alicyclic amines) is 1. The fraction of sp³-hybridized carbons (Fsp3) is 0.400. The Bertz CT molecular complexity index is 1150. The van der Waals surface area contributed by atoms with Gasteiger partial charge in [0.15, 0.2) is 0 Å². The molecule has 4 rings (SSSR count). The molecule has 37 heavy (non-hydrogen) atoms. The molecule has 2 aromatic rings. The van der Waals surface area contributed by atoms with Crippen molar-refractivity contribution >= 4 is 23.6 Å². The van der Waals surface area contributed by atoms with Crippen LogP contribution in [0.4, 0.5) is 0 Å². The van der Waals surface area contributed by atoms with Gasteiger partial charge in [0, 0.05) is 32.5 Å². The number of rotatable bonds is 10. The van der Waals surface area contributed by atoms with E-state index in [1.165, 1.54) is 4.90 Å². The minimum absolute atomic E-state index is 0.0269. The van der Waals surface area contributed by atoms with Gasteiger partial charge in [0.25, 0.3) is 0 Å². The van der Waals surface area contributed by atoms with Crippen molar-refractivity contribution in [1.29, 1.82) is 0 Å². The van der Waals surface area contributed by atoms with Gasteiger partial charge < -0.3 is 10.2 Å². The number of hydrogen-bond acceptors (Lipinski definition) is 4. The van der Waals surface area contributed by atoms with Crippen LogP contribution in [0.25, 0.3) is 0 Å². The number of nitrogens with one attached hydrogen (secondary N) is 1. The molecular formula is C30H35N3O4. The molecule has 2 aliphatic rings. The van der Waals surface area contributed by atoms with Crippen LogP contribution in [0.2, 0.25) is 0 Å². The third-order valence-corrected chi connectivity index (χ3v) is 7.37. The van der Waals surface area contributed by atoms with E-state index in [2.05, 4.69) is 5.32 Å². The first kappa shape index (κ1) is 26.3. The molecule has 0 spiro atoms.